The van der Waals surface area contributed by atoms with Gasteiger partial charge in [0.1, 0.15) is 11.4 Å². The van der Waals surface area contributed by atoms with Gasteiger partial charge in [-0.15, -0.1) is 0 Å². The summed E-state index contributed by atoms with van der Waals surface area (Å²) in [4.78, 5) is 18.4. The van der Waals surface area contributed by atoms with Crippen LogP contribution in [0.3, 0.4) is 0 Å². The predicted octanol–water partition coefficient (Wildman–Crippen LogP) is 2.17. The highest BCUT2D eigenvalue weighted by atomic mass is 19.4. The third kappa shape index (κ3) is 3.39. The summed E-state index contributed by atoms with van der Waals surface area (Å²) in [5, 5.41) is 9.73. The fourth-order valence-electron chi connectivity index (χ4n) is 1.99. The Morgan fingerprint density at radius 3 is 2.64 bits per heavy atom. The quantitative estimate of drug-likeness (QED) is 0.744. The lowest BCUT2D eigenvalue weighted by molar-refractivity contribution is -0.141. The Morgan fingerprint density at radius 2 is 1.92 bits per heavy atom. The second-order valence-corrected chi connectivity index (χ2v) is 4.71. The number of nitrogens with one attached hydrogen (secondary N) is 1. The molecule has 11 heteroatoms. The van der Waals surface area contributed by atoms with Crippen LogP contribution in [0.1, 0.15) is 16.2 Å². The first-order valence-electron chi connectivity index (χ1n) is 6.74. The molecule has 0 saturated carbocycles. The van der Waals surface area contributed by atoms with Gasteiger partial charge in [0, 0.05) is 11.8 Å². The normalized spacial score (nSPS) is 11.3. The van der Waals surface area contributed by atoms with E-state index in [2.05, 4.69) is 25.4 Å². The zero-order valence-electron chi connectivity index (χ0n) is 12.3. The topological polar surface area (TPSA) is 120 Å². The molecule has 0 radical (unpaired) electrons. The van der Waals surface area contributed by atoms with Crippen molar-refractivity contribution in [3.63, 3.8) is 0 Å². The number of hydrogen-bond donors (Lipinski definition) is 2. The molecule has 3 aromatic rings. The van der Waals surface area contributed by atoms with Crippen molar-refractivity contribution in [1.29, 1.82) is 0 Å². The molecule has 128 valence electrons. The highest BCUT2D eigenvalue weighted by molar-refractivity contribution is 5.97. The van der Waals surface area contributed by atoms with Crippen molar-refractivity contribution in [3.8, 4) is 23.0 Å². The molecule has 0 bridgehead atoms. The van der Waals surface area contributed by atoms with E-state index in [1.807, 2.05) is 0 Å². The molecular weight excluding hydrogens is 341 g/mol. The van der Waals surface area contributed by atoms with E-state index < -0.39 is 23.8 Å². The van der Waals surface area contributed by atoms with Gasteiger partial charge >= 0.3 is 12.2 Å². The zero-order chi connectivity index (χ0) is 18.0. The number of amides is 1. The molecule has 0 atom stereocenters. The summed E-state index contributed by atoms with van der Waals surface area (Å²) in [7, 11) is 0. The van der Waals surface area contributed by atoms with Gasteiger partial charge in [0.2, 0.25) is 0 Å². The largest absolute Gasteiger partial charge is 0.433 e. The van der Waals surface area contributed by atoms with Gasteiger partial charge in [-0.25, -0.2) is 4.98 Å². The Kier molecular flexibility index (Phi) is 4.05. The number of alkyl halides is 3. The molecule has 0 unspecified atom stereocenters. The van der Waals surface area contributed by atoms with Crippen molar-refractivity contribution >= 4 is 5.91 Å². The fourth-order valence-corrected chi connectivity index (χ4v) is 1.99. The van der Waals surface area contributed by atoms with Crippen LogP contribution in [-0.2, 0) is 6.18 Å². The van der Waals surface area contributed by atoms with Crippen LogP contribution in [0.25, 0.3) is 11.3 Å². The molecule has 2 aromatic heterocycles. The Balaban J connectivity index is 2.00. The standard InChI is InChI=1S/C14H9F3N6O2/c15-14(16,17)9-5-6-19-13(20-9)25-8-4-2-1-3-7(8)10-11(12(18)24)22-23-21-10/h1-6H,(H2,18,24)(H,21,22,23). The number of carbonyl (C=O) groups excluding carboxylic acids is 1. The second kappa shape index (κ2) is 6.19. The minimum Gasteiger partial charge on any atom is -0.424 e. The number of aromatic nitrogens is 5. The van der Waals surface area contributed by atoms with E-state index in [0.717, 1.165) is 12.3 Å². The predicted molar refractivity (Wildman–Crippen MR) is 77.4 cm³/mol. The smallest absolute Gasteiger partial charge is 0.424 e. The molecule has 0 aliphatic heterocycles. The summed E-state index contributed by atoms with van der Waals surface area (Å²) >= 11 is 0. The van der Waals surface area contributed by atoms with Crippen LogP contribution in [-0.4, -0.2) is 31.3 Å². The Bertz CT molecular complexity index is 925. The minimum atomic E-state index is -4.63. The molecule has 0 aliphatic carbocycles. The maximum Gasteiger partial charge on any atom is 0.433 e. The Labute approximate surface area is 137 Å². The molecule has 1 aromatic carbocycles. The molecular formula is C14H9F3N6O2. The number of rotatable bonds is 4. The zero-order valence-corrected chi connectivity index (χ0v) is 12.3. The van der Waals surface area contributed by atoms with Crippen molar-refractivity contribution in [2.75, 3.05) is 0 Å². The first-order chi connectivity index (χ1) is 11.9. The summed E-state index contributed by atoms with van der Waals surface area (Å²) in [6, 6.07) is 6.41. The number of benzene rings is 1. The van der Waals surface area contributed by atoms with E-state index in [9.17, 15) is 18.0 Å². The van der Waals surface area contributed by atoms with E-state index >= 15 is 0 Å². The number of nitrogens with zero attached hydrogens (tertiary/aromatic N) is 4. The lowest BCUT2D eigenvalue weighted by atomic mass is 10.1. The number of carbonyl (C=O) groups is 1. The number of para-hydroxylation sites is 1. The van der Waals surface area contributed by atoms with Gasteiger partial charge in [-0.05, 0) is 18.2 Å². The van der Waals surface area contributed by atoms with Crippen LogP contribution in [0.15, 0.2) is 36.5 Å². The molecule has 0 spiro atoms. The third-order valence-electron chi connectivity index (χ3n) is 3.05. The van der Waals surface area contributed by atoms with Crippen molar-refractivity contribution in [2.45, 2.75) is 6.18 Å². The second-order valence-electron chi connectivity index (χ2n) is 4.71. The molecule has 0 aliphatic rings. The number of hydrogen-bond acceptors (Lipinski definition) is 6. The molecule has 3 rings (SSSR count). The molecule has 2 heterocycles. The lowest BCUT2D eigenvalue weighted by Gasteiger charge is -2.10. The molecule has 25 heavy (non-hydrogen) atoms. The number of H-pyrrole nitrogens is 1. The summed E-state index contributed by atoms with van der Waals surface area (Å²) < 4.78 is 43.5. The monoisotopic (exact) mass is 350 g/mol. The first-order valence-corrected chi connectivity index (χ1v) is 6.74. The number of aromatic amines is 1. The highest BCUT2D eigenvalue weighted by Crippen LogP contribution is 2.33. The number of halogens is 3. The highest BCUT2D eigenvalue weighted by Gasteiger charge is 2.33. The van der Waals surface area contributed by atoms with Crippen LogP contribution >= 0.6 is 0 Å². The average molecular weight is 350 g/mol. The SMILES string of the molecule is NC(=O)c1n[nH]nc1-c1ccccc1Oc1nccc(C(F)(F)F)n1. The van der Waals surface area contributed by atoms with Gasteiger partial charge in [-0.1, -0.05) is 12.1 Å². The van der Waals surface area contributed by atoms with Crippen molar-refractivity contribution < 1.29 is 22.7 Å². The van der Waals surface area contributed by atoms with Gasteiger partial charge in [-0.2, -0.15) is 33.6 Å². The van der Waals surface area contributed by atoms with E-state index in [1.165, 1.54) is 12.1 Å². The summed E-state index contributed by atoms with van der Waals surface area (Å²) in [6.07, 6.45) is -3.70. The van der Waals surface area contributed by atoms with E-state index in [0.29, 0.717) is 0 Å². The number of primary amides is 1. The van der Waals surface area contributed by atoms with E-state index in [-0.39, 0.29) is 22.7 Å². The van der Waals surface area contributed by atoms with Gasteiger partial charge < -0.3 is 10.5 Å². The van der Waals surface area contributed by atoms with Crippen LogP contribution in [0.5, 0.6) is 11.8 Å². The van der Waals surface area contributed by atoms with Crippen LogP contribution in [0.4, 0.5) is 13.2 Å². The van der Waals surface area contributed by atoms with Gasteiger partial charge in [0.05, 0.1) is 0 Å². The number of nitrogens with two attached hydrogens (primary N) is 1. The van der Waals surface area contributed by atoms with E-state index in [4.69, 9.17) is 10.5 Å². The Morgan fingerprint density at radius 1 is 1.16 bits per heavy atom. The van der Waals surface area contributed by atoms with Crippen LogP contribution in [0, 0.1) is 0 Å². The third-order valence-corrected chi connectivity index (χ3v) is 3.05. The number of ether oxygens (including phenoxy) is 1. The van der Waals surface area contributed by atoms with Gasteiger partial charge in [-0.3, -0.25) is 4.79 Å². The van der Waals surface area contributed by atoms with Crippen molar-refractivity contribution in [1.82, 2.24) is 25.4 Å². The summed E-state index contributed by atoms with van der Waals surface area (Å²) in [5.74, 6) is -0.743. The maximum atomic E-state index is 12.7. The first kappa shape index (κ1) is 16.4. The molecule has 8 nitrogen and oxygen atoms in total. The molecule has 1 amide bonds. The molecule has 0 fully saturated rings. The van der Waals surface area contributed by atoms with Gasteiger partial charge in [0.15, 0.2) is 11.4 Å². The van der Waals surface area contributed by atoms with E-state index in [1.54, 1.807) is 12.1 Å². The van der Waals surface area contributed by atoms with Crippen LogP contribution < -0.4 is 10.5 Å². The van der Waals surface area contributed by atoms with Crippen LogP contribution in [0.2, 0.25) is 0 Å². The minimum absolute atomic E-state index is 0.0817. The molecule has 0 saturated heterocycles. The fraction of sp³-hybridized carbons (Fsp3) is 0.0714. The lowest BCUT2D eigenvalue weighted by Crippen LogP contribution is -2.13. The Hall–Kier alpha value is -3.50. The average Bonchev–Trinajstić information content (AvgIpc) is 3.04. The summed E-state index contributed by atoms with van der Waals surface area (Å²) in [5.41, 5.74) is 4.31. The van der Waals surface area contributed by atoms with Gasteiger partial charge in [0.25, 0.3) is 5.91 Å². The maximum absolute atomic E-state index is 12.7. The molecule has 3 N–H and O–H groups in total. The van der Waals surface area contributed by atoms with Crippen molar-refractivity contribution in [2.24, 2.45) is 5.73 Å². The van der Waals surface area contributed by atoms with Crippen molar-refractivity contribution in [3.05, 3.63) is 47.9 Å². The summed E-state index contributed by atoms with van der Waals surface area (Å²) in [6.45, 7) is 0.